The largest absolute Gasteiger partial charge is 0.389 e. The van der Waals surface area contributed by atoms with E-state index in [2.05, 4.69) is 21.3 Å². The molecular weight excluding hydrogens is 470 g/mol. The fourth-order valence-corrected chi connectivity index (χ4v) is 6.77. The Morgan fingerprint density at radius 1 is 1.38 bits per heavy atom. The molecule has 0 aromatic carbocycles. The number of carbonyl (C=O) groups is 2. The number of hydrogen-bond donors (Lipinski definition) is 2. The highest BCUT2D eigenvalue weighted by atomic mass is 32.1. The summed E-state index contributed by atoms with van der Waals surface area (Å²) in [7, 11) is 5.92. The van der Waals surface area contributed by atoms with E-state index in [1.807, 2.05) is 31.4 Å². The molecule has 182 valence electrons. The van der Waals surface area contributed by atoms with Gasteiger partial charge in [0, 0.05) is 42.1 Å². The van der Waals surface area contributed by atoms with Gasteiger partial charge in [-0.05, 0) is 51.9 Å². The average Bonchev–Trinajstić information content (AvgIpc) is 3.41. The van der Waals surface area contributed by atoms with Gasteiger partial charge in [-0.2, -0.15) is 5.26 Å². The quantitative estimate of drug-likeness (QED) is 0.621. The number of nitrogens with two attached hydrogens (primary N) is 1. The maximum absolute atomic E-state index is 13.7. The first-order valence-electron chi connectivity index (χ1n) is 11.4. The molecule has 0 saturated carbocycles. The van der Waals surface area contributed by atoms with Crippen molar-refractivity contribution in [3.8, 4) is 6.07 Å². The maximum Gasteiger partial charge on any atom is 0.324 e. The van der Waals surface area contributed by atoms with Crippen LogP contribution in [0.2, 0.25) is 0 Å². The molecule has 0 spiro atoms. The Morgan fingerprint density at radius 3 is 2.85 bits per heavy atom. The lowest BCUT2D eigenvalue weighted by molar-refractivity contribution is -0.136. The van der Waals surface area contributed by atoms with Gasteiger partial charge in [0.2, 0.25) is 5.91 Å². The van der Waals surface area contributed by atoms with Gasteiger partial charge in [0.25, 0.3) is 0 Å². The fourth-order valence-electron chi connectivity index (χ4n) is 5.07. The van der Waals surface area contributed by atoms with Crippen molar-refractivity contribution in [3.05, 3.63) is 32.6 Å². The number of fused-ring (bicyclic) bond motifs is 2. The molecule has 2 aromatic heterocycles. The number of nitrogens with one attached hydrogen (secondary N) is 1. The minimum Gasteiger partial charge on any atom is -0.389 e. The number of imide groups is 1. The normalized spacial score (nSPS) is 22.0. The topological polar surface area (TPSA) is 119 Å². The molecule has 9 nitrogen and oxygen atoms in total. The van der Waals surface area contributed by atoms with Crippen LogP contribution in [0.5, 0.6) is 0 Å². The Bertz CT molecular complexity index is 1080. The molecule has 1 aliphatic heterocycles. The highest BCUT2D eigenvalue weighted by molar-refractivity contribution is 7.16. The van der Waals surface area contributed by atoms with E-state index in [0.717, 1.165) is 23.4 Å². The molecule has 1 saturated heterocycles. The van der Waals surface area contributed by atoms with E-state index in [9.17, 15) is 14.9 Å². The van der Waals surface area contributed by atoms with Crippen LogP contribution in [0.3, 0.4) is 0 Å². The summed E-state index contributed by atoms with van der Waals surface area (Å²) in [4.78, 5) is 37.8. The highest BCUT2D eigenvalue weighted by Crippen LogP contribution is 2.43. The second-order valence-corrected chi connectivity index (χ2v) is 11.5. The molecule has 0 unspecified atom stereocenters. The number of nitrogen functional groups attached to an aromatic ring is 1. The monoisotopic (exact) mass is 501 g/mol. The first-order valence-corrected chi connectivity index (χ1v) is 13.1. The van der Waals surface area contributed by atoms with Gasteiger partial charge < -0.3 is 20.9 Å². The summed E-state index contributed by atoms with van der Waals surface area (Å²) in [6, 6.07) is 2.19. The van der Waals surface area contributed by atoms with Crippen LogP contribution in [0.25, 0.3) is 0 Å². The van der Waals surface area contributed by atoms with E-state index in [0.29, 0.717) is 42.7 Å². The molecule has 0 radical (unpaired) electrons. The van der Waals surface area contributed by atoms with Crippen LogP contribution < -0.4 is 11.1 Å². The summed E-state index contributed by atoms with van der Waals surface area (Å²) in [5.74, 6) is -0.229. The number of likely N-dealkylation sites (tertiary alicyclic amines) is 1. The molecule has 2 aromatic rings. The Morgan fingerprint density at radius 2 is 2.18 bits per heavy atom. The molecule has 4 rings (SSSR count). The number of thiophene rings is 1. The van der Waals surface area contributed by atoms with E-state index in [1.165, 1.54) is 32.5 Å². The first-order chi connectivity index (χ1) is 16.3. The number of aromatic nitrogens is 1. The Labute approximate surface area is 208 Å². The van der Waals surface area contributed by atoms with Crippen molar-refractivity contribution in [3.63, 3.8) is 0 Å². The third-order valence-corrected chi connectivity index (χ3v) is 8.62. The zero-order chi connectivity index (χ0) is 24.4. The zero-order valence-corrected chi connectivity index (χ0v) is 21.4. The summed E-state index contributed by atoms with van der Waals surface area (Å²) in [6.07, 6.45) is 3.96. The van der Waals surface area contributed by atoms with Crippen molar-refractivity contribution >= 4 is 39.6 Å². The van der Waals surface area contributed by atoms with Crippen molar-refractivity contribution in [2.75, 3.05) is 46.5 Å². The first kappa shape index (κ1) is 24.6. The van der Waals surface area contributed by atoms with E-state index >= 15 is 0 Å². The van der Waals surface area contributed by atoms with Crippen LogP contribution in [0, 0.1) is 23.2 Å². The van der Waals surface area contributed by atoms with Crippen molar-refractivity contribution in [1.29, 1.82) is 5.26 Å². The number of carbonyl (C=O) groups excluding carboxylic acids is 2. The number of likely N-dealkylation sites (N-methyl/N-ethyl adjacent to an activating group) is 2. The minimum atomic E-state index is -0.380. The Balaban J connectivity index is 1.51. The standard InChI is InChI=1S/C23H31N7O2S2/c1-28(2)6-4-27-23(32)30(13-20-26-5-7-33-20)22(31)15-8-14-9-16-17(11-24)21(25)34-19(16)10-18(14)29(3)12-15/h5,7,14-15,18H,4,6,8-10,12-13,25H2,1-3H3,(H,27,32)/t14-,15-,18-/m1/s1. The minimum absolute atomic E-state index is 0.168. The number of urea groups is 1. The lowest BCUT2D eigenvalue weighted by Crippen LogP contribution is -2.55. The van der Waals surface area contributed by atoms with Gasteiger partial charge in [-0.15, -0.1) is 22.7 Å². The van der Waals surface area contributed by atoms with Crippen molar-refractivity contribution in [2.24, 2.45) is 11.8 Å². The molecule has 1 aliphatic carbocycles. The van der Waals surface area contributed by atoms with Crippen LogP contribution in [-0.2, 0) is 24.2 Å². The number of amides is 3. The van der Waals surface area contributed by atoms with Gasteiger partial charge in [-0.1, -0.05) is 0 Å². The number of nitrogens with zero attached hydrogens (tertiary/aromatic N) is 5. The molecule has 1 fully saturated rings. The average molecular weight is 502 g/mol. The van der Waals surface area contributed by atoms with E-state index in [4.69, 9.17) is 5.73 Å². The Hall–Kier alpha value is -2.52. The smallest absolute Gasteiger partial charge is 0.324 e. The van der Waals surface area contributed by atoms with Gasteiger partial charge >= 0.3 is 6.03 Å². The third-order valence-electron chi connectivity index (χ3n) is 6.77. The van der Waals surface area contributed by atoms with Gasteiger partial charge in [-0.25, -0.2) is 9.78 Å². The van der Waals surface area contributed by atoms with Gasteiger partial charge in [-0.3, -0.25) is 9.69 Å². The van der Waals surface area contributed by atoms with Crippen LogP contribution in [0.15, 0.2) is 11.6 Å². The number of anilines is 1. The predicted octanol–water partition coefficient (Wildman–Crippen LogP) is 1.99. The van der Waals surface area contributed by atoms with Crippen molar-refractivity contribution < 1.29 is 9.59 Å². The number of nitriles is 1. The molecule has 2 aliphatic rings. The van der Waals surface area contributed by atoms with E-state index in [-0.39, 0.29) is 30.3 Å². The molecule has 3 amide bonds. The summed E-state index contributed by atoms with van der Waals surface area (Å²) < 4.78 is 0. The molecule has 3 heterocycles. The highest BCUT2D eigenvalue weighted by Gasteiger charge is 2.43. The molecular formula is C23H31N7O2S2. The second-order valence-electron chi connectivity index (χ2n) is 9.35. The third kappa shape index (κ3) is 5.10. The lowest BCUT2D eigenvalue weighted by Gasteiger charge is -2.45. The van der Waals surface area contributed by atoms with E-state index in [1.54, 1.807) is 6.20 Å². The van der Waals surface area contributed by atoms with Gasteiger partial charge in [0.1, 0.15) is 16.1 Å². The number of rotatable bonds is 6. The number of piperidine rings is 1. The fraction of sp³-hybridized carbons (Fsp3) is 0.565. The van der Waals surface area contributed by atoms with Crippen molar-refractivity contribution in [2.45, 2.75) is 31.8 Å². The Kier molecular flexibility index (Phi) is 7.52. The molecule has 3 N–H and O–H groups in total. The predicted molar refractivity (Wildman–Crippen MR) is 133 cm³/mol. The number of thiazole rings is 1. The summed E-state index contributed by atoms with van der Waals surface area (Å²) in [5.41, 5.74) is 7.74. The molecule has 3 atom stereocenters. The number of hydrogen-bond acceptors (Lipinski definition) is 9. The van der Waals surface area contributed by atoms with Crippen LogP contribution >= 0.6 is 22.7 Å². The zero-order valence-electron chi connectivity index (χ0n) is 19.8. The lowest BCUT2D eigenvalue weighted by atomic mass is 9.74. The van der Waals surface area contributed by atoms with E-state index < -0.39 is 0 Å². The van der Waals surface area contributed by atoms with Crippen LogP contribution in [0.1, 0.15) is 27.4 Å². The summed E-state index contributed by atoms with van der Waals surface area (Å²) >= 11 is 2.95. The van der Waals surface area contributed by atoms with Crippen molar-refractivity contribution in [1.82, 2.24) is 25.0 Å². The SMILES string of the molecule is CN(C)CCNC(=O)N(Cc1nccs1)C(=O)[C@@H]1C[C@@H]2Cc3c(sc(N)c3C#N)C[C@H]2N(C)C1. The summed E-state index contributed by atoms with van der Waals surface area (Å²) in [6.45, 7) is 1.92. The maximum atomic E-state index is 13.7. The summed E-state index contributed by atoms with van der Waals surface area (Å²) in [5, 5.41) is 15.6. The van der Waals surface area contributed by atoms with Gasteiger partial charge in [0.15, 0.2) is 0 Å². The molecule has 34 heavy (non-hydrogen) atoms. The van der Waals surface area contributed by atoms with Crippen LogP contribution in [-0.4, -0.2) is 78.4 Å². The van der Waals surface area contributed by atoms with Gasteiger partial charge in [0.05, 0.1) is 18.0 Å². The molecule has 11 heteroatoms. The molecule has 0 bridgehead atoms. The van der Waals surface area contributed by atoms with Crippen LogP contribution in [0.4, 0.5) is 9.80 Å². The second kappa shape index (κ2) is 10.4.